The first-order valence-electron chi connectivity index (χ1n) is 11.4. The van der Waals surface area contributed by atoms with Crippen LogP contribution < -0.4 is 14.5 Å². The maximum Gasteiger partial charge on any atom is 0.340 e. The molecule has 2 aliphatic heterocycles. The highest BCUT2D eigenvalue weighted by Crippen LogP contribution is 2.57. The Labute approximate surface area is 194 Å². The van der Waals surface area contributed by atoms with Gasteiger partial charge in [0.15, 0.2) is 5.60 Å². The fourth-order valence-corrected chi connectivity index (χ4v) is 4.86. The fourth-order valence-electron chi connectivity index (χ4n) is 4.86. The van der Waals surface area contributed by atoms with E-state index in [1.54, 1.807) is 0 Å². The summed E-state index contributed by atoms with van der Waals surface area (Å²) in [6, 6.07) is 19.6. The normalized spacial score (nSPS) is 17.6. The molecule has 3 aromatic rings. The van der Waals surface area contributed by atoms with Crippen molar-refractivity contribution in [3.8, 4) is 11.5 Å². The van der Waals surface area contributed by atoms with Gasteiger partial charge in [0.05, 0.1) is 12.2 Å². The van der Waals surface area contributed by atoms with Crippen molar-refractivity contribution in [2.24, 2.45) is 0 Å². The van der Waals surface area contributed by atoms with E-state index in [4.69, 9.17) is 9.47 Å². The molecule has 1 spiro atoms. The Morgan fingerprint density at radius 2 is 1.55 bits per heavy atom. The molecule has 3 aromatic carbocycles. The van der Waals surface area contributed by atoms with Crippen LogP contribution in [0.1, 0.15) is 40.9 Å². The number of carbonyl (C=O) groups excluding carboxylic acids is 1. The third-order valence-electron chi connectivity index (χ3n) is 6.71. The van der Waals surface area contributed by atoms with Crippen molar-refractivity contribution < 1.29 is 19.4 Å². The van der Waals surface area contributed by atoms with Gasteiger partial charge < -0.3 is 24.4 Å². The molecule has 0 aliphatic carbocycles. The molecule has 0 saturated heterocycles. The first-order chi connectivity index (χ1) is 16.0. The Kier molecular flexibility index (Phi) is 5.25. The van der Waals surface area contributed by atoms with Crippen LogP contribution in [0.15, 0.2) is 60.7 Å². The van der Waals surface area contributed by atoms with Gasteiger partial charge in [-0.3, -0.25) is 0 Å². The molecule has 0 fully saturated rings. The third-order valence-corrected chi connectivity index (χ3v) is 6.71. The maximum absolute atomic E-state index is 13.0. The van der Waals surface area contributed by atoms with Crippen LogP contribution in [0.3, 0.4) is 0 Å². The molecule has 0 amide bonds. The number of benzene rings is 3. The Bertz CT molecular complexity index is 1220. The number of rotatable bonds is 6. The SMILES string of the molecule is CCN(C)c1ccc2c(c1)Oc1cc(N(CC)CCO)ccc1C21OC(=O)c2ccccc21. The fraction of sp³-hybridized carbons (Fsp3) is 0.296. The zero-order chi connectivity index (χ0) is 23.2. The number of hydrogen-bond acceptors (Lipinski definition) is 6. The summed E-state index contributed by atoms with van der Waals surface area (Å²) in [6.45, 7) is 6.35. The lowest BCUT2D eigenvalue weighted by molar-refractivity contribution is 0.0224. The molecule has 1 unspecified atom stereocenters. The van der Waals surface area contributed by atoms with E-state index in [9.17, 15) is 9.90 Å². The monoisotopic (exact) mass is 444 g/mol. The summed E-state index contributed by atoms with van der Waals surface area (Å²) < 4.78 is 12.7. The van der Waals surface area contributed by atoms with Gasteiger partial charge in [-0.2, -0.15) is 0 Å². The van der Waals surface area contributed by atoms with Crippen molar-refractivity contribution in [1.29, 1.82) is 0 Å². The minimum absolute atomic E-state index is 0.0657. The van der Waals surface area contributed by atoms with Gasteiger partial charge >= 0.3 is 5.97 Å². The van der Waals surface area contributed by atoms with Crippen molar-refractivity contribution in [3.63, 3.8) is 0 Å². The quantitative estimate of drug-likeness (QED) is 0.564. The molecule has 0 aromatic heterocycles. The molecule has 1 atom stereocenters. The summed E-state index contributed by atoms with van der Waals surface area (Å²) >= 11 is 0. The van der Waals surface area contributed by atoms with Gasteiger partial charge in [-0.1, -0.05) is 18.2 Å². The van der Waals surface area contributed by atoms with E-state index in [1.165, 1.54) is 0 Å². The topological polar surface area (TPSA) is 62.2 Å². The Hall–Kier alpha value is -3.51. The van der Waals surface area contributed by atoms with Crippen LogP contribution in [-0.2, 0) is 10.3 Å². The van der Waals surface area contributed by atoms with Crippen LogP contribution in [0.4, 0.5) is 11.4 Å². The Morgan fingerprint density at radius 3 is 2.21 bits per heavy atom. The highest BCUT2D eigenvalue weighted by molar-refractivity contribution is 5.97. The van der Waals surface area contributed by atoms with Crippen LogP contribution in [0.25, 0.3) is 0 Å². The molecule has 5 rings (SSSR count). The molecule has 0 saturated carbocycles. The number of nitrogens with zero attached hydrogens (tertiary/aromatic N) is 2. The average Bonchev–Trinajstić information content (AvgIpc) is 3.14. The summed E-state index contributed by atoms with van der Waals surface area (Å²) in [6.07, 6.45) is 0. The van der Waals surface area contributed by atoms with E-state index in [0.717, 1.165) is 41.2 Å². The second-order valence-electron chi connectivity index (χ2n) is 8.40. The highest BCUT2D eigenvalue weighted by Gasteiger charge is 2.53. The molecule has 6 nitrogen and oxygen atoms in total. The molecule has 2 aliphatic rings. The zero-order valence-electron chi connectivity index (χ0n) is 19.2. The van der Waals surface area contributed by atoms with Gasteiger partial charge in [0.25, 0.3) is 0 Å². The highest BCUT2D eigenvalue weighted by atomic mass is 16.6. The minimum Gasteiger partial charge on any atom is -0.456 e. The molecular formula is C27H28N2O4. The first kappa shape index (κ1) is 21.3. The predicted molar refractivity (Wildman–Crippen MR) is 129 cm³/mol. The van der Waals surface area contributed by atoms with Crippen molar-refractivity contribution in [1.82, 2.24) is 0 Å². The minimum atomic E-state index is -1.06. The van der Waals surface area contributed by atoms with Gasteiger partial charge in [-0.05, 0) is 44.2 Å². The molecule has 0 radical (unpaired) electrons. The van der Waals surface area contributed by atoms with E-state index < -0.39 is 5.60 Å². The van der Waals surface area contributed by atoms with E-state index >= 15 is 0 Å². The summed E-state index contributed by atoms with van der Waals surface area (Å²) in [7, 11) is 2.03. The third kappa shape index (κ3) is 3.16. The summed E-state index contributed by atoms with van der Waals surface area (Å²) in [5.41, 5.74) is 3.93. The number of esters is 1. The number of likely N-dealkylation sites (N-methyl/N-ethyl adjacent to an activating group) is 1. The molecule has 170 valence electrons. The number of carbonyl (C=O) groups is 1. The summed E-state index contributed by atoms with van der Waals surface area (Å²) in [5.74, 6) is 0.989. The van der Waals surface area contributed by atoms with E-state index in [0.29, 0.717) is 23.6 Å². The van der Waals surface area contributed by atoms with Crippen LogP contribution >= 0.6 is 0 Å². The van der Waals surface area contributed by atoms with Crippen molar-refractivity contribution in [2.45, 2.75) is 19.4 Å². The molecule has 0 bridgehead atoms. The van der Waals surface area contributed by atoms with Gasteiger partial charge in [0, 0.05) is 66.9 Å². The van der Waals surface area contributed by atoms with Gasteiger partial charge in [-0.25, -0.2) is 4.79 Å². The number of fused-ring (bicyclic) bond motifs is 6. The Balaban J connectivity index is 1.75. The largest absolute Gasteiger partial charge is 0.456 e. The molecular weight excluding hydrogens is 416 g/mol. The standard InChI is InChI=1S/C27H28N2O4/c1-4-28(3)18-10-12-22-24(16-18)32-25-17-19(29(5-2)14-15-30)11-13-23(25)27(22)21-9-7-6-8-20(21)26(31)33-27/h6-13,16-17,30H,4-5,14-15H2,1-3H3. The zero-order valence-corrected chi connectivity index (χ0v) is 19.2. The first-order valence-corrected chi connectivity index (χ1v) is 11.4. The van der Waals surface area contributed by atoms with E-state index in [-0.39, 0.29) is 12.6 Å². The lowest BCUT2D eigenvalue weighted by Crippen LogP contribution is -2.33. The van der Waals surface area contributed by atoms with Gasteiger partial charge in [0.2, 0.25) is 0 Å². The van der Waals surface area contributed by atoms with E-state index in [1.807, 2.05) is 67.7 Å². The van der Waals surface area contributed by atoms with Crippen molar-refractivity contribution in [2.75, 3.05) is 43.1 Å². The van der Waals surface area contributed by atoms with Crippen molar-refractivity contribution in [3.05, 3.63) is 82.9 Å². The number of hydrogen-bond donors (Lipinski definition) is 1. The molecule has 33 heavy (non-hydrogen) atoms. The van der Waals surface area contributed by atoms with Gasteiger partial charge in [0.1, 0.15) is 11.5 Å². The number of ether oxygens (including phenoxy) is 2. The lowest BCUT2D eigenvalue weighted by atomic mass is 9.77. The van der Waals surface area contributed by atoms with Gasteiger partial charge in [-0.15, -0.1) is 0 Å². The second-order valence-corrected chi connectivity index (χ2v) is 8.40. The van der Waals surface area contributed by atoms with Crippen LogP contribution in [-0.4, -0.2) is 44.4 Å². The predicted octanol–water partition coefficient (Wildman–Crippen LogP) is 4.53. The molecule has 2 heterocycles. The number of aliphatic hydroxyl groups excluding tert-OH is 1. The van der Waals surface area contributed by atoms with E-state index in [2.05, 4.69) is 23.6 Å². The Morgan fingerprint density at radius 1 is 0.879 bits per heavy atom. The van der Waals surface area contributed by atoms with Crippen molar-refractivity contribution >= 4 is 17.3 Å². The molecule has 1 N–H and O–H groups in total. The smallest absolute Gasteiger partial charge is 0.340 e. The molecule has 6 heteroatoms. The second kappa shape index (κ2) is 8.12. The van der Waals surface area contributed by atoms with Crippen LogP contribution in [0.2, 0.25) is 0 Å². The maximum atomic E-state index is 13.0. The summed E-state index contributed by atoms with van der Waals surface area (Å²) in [4.78, 5) is 17.2. The number of anilines is 2. The van der Waals surface area contributed by atoms with Crippen LogP contribution in [0.5, 0.6) is 11.5 Å². The lowest BCUT2D eigenvalue weighted by Gasteiger charge is -2.37. The number of aliphatic hydroxyl groups is 1. The van der Waals surface area contributed by atoms with Crippen LogP contribution in [0, 0.1) is 0 Å². The average molecular weight is 445 g/mol. The summed E-state index contributed by atoms with van der Waals surface area (Å²) in [5, 5.41) is 9.47.